The quantitative estimate of drug-likeness (QED) is 0.839. The third-order valence-electron chi connectivity index (χ3n) is 3.08. The third-order valence-corrected chi connectivity index (χ3v) is 3.08. The molecule has 0 aliphatic heterocycles. The summed E-state index contributed by atoms with van der Waals surface area (Å²) in [5.41, 5.74) is 1.64. The molecule has 0 N–H and O–H groups in total. The Hall–Kier alpha value is -2.02. The highest BCUT2D eigenvalue weighted by molar-refractivity contribution is 5.99. The summed E-state index contributed by atoms with van der Waals surface area (Å²) in [5.74, 6) is 0.411. The number of rotatable bonds is 3. The van der Waals surface area contributed by atoms with Gasteiger partial charge in [0.25, 0.3) is 0 Å². The van der Waals surface area contributed by atoms with Crippen LogP contribution in [-0.4, -0.2) is 20.1 Å². The van der Waals surface area contributed by atoms with Crippen LogP contribution in [0.1, 0.15) is 25.0 Å². The zero-order chi connectivity index (χ0) is 14.8. The van der Waals surface area contributed by atoms with E-state index in [1.54, 1.807) is 28.0 Å². The van der Waals surface area contributed by atoms with Crippen LogP contribution in [0.4, 0.5) is 5.69 Å². The Morgan fingerprint density at radius 2 is 1.95 bits per heavy atom. The SMILES string of the molecule is COc1c(C)cc(C)cc1N(C)C(=O)C(C)(C)C#N. The van der Waals surface area contributed by atoms with Crippen molar-refractivity contribution in [2.24, 2.45) is 5.41 Å². The zero-order valence-electron chi connectivity index (χ0n) is 12.4. The van der Waals surface area contributed by atoms with Crippen LogP contribution >= 0.6 is 0 Å². The molecule has 0 radical (unpaired) electrons. The van der Waals surface area contributed by atoms with E-state index in [9.17, 15) is 4.79 Å². The molecule has 1 amide bonds. The molecule has 1 aromatic rings. The van der Waals surface area contributed by atoms with Gasteiger partial charge in [0.15, 0.2) is 0 Å². The minimum atomic E-state index is -1.06. The van der Waals surface area contributed by atoms with Crippen LogP contribution in [0.25, 0.3) is 0 Å². The first-order valence-electron chi connectivity index (χ1n) is 6.09. The largest absolute Gasteiger partial charge is 0.494 e. The Morgan fingerprint density at radius 1 is 1.37 bits per heavy atom. The van der Waals surface area contributed by atoms with Crippen molar-refractivity contribution in [1.82, 2.24) is 0 Å². The number of ether oxygens (including phenoxy) is 1. The van der Waals surface area contributed by atoms with Crippen LogP contribution in [0.3, 0.4) is 0 Å². The number of nitriles is 1. The van der Waals surface area contributed by atoms with E-state index >= 15 is 0 Å². The smallest absolute Gasteiger partial charge is 0.246 e. The maximum atomic E-state index is 12.3. The molecule has 19 heavy (non-hydrogen) atoms. The first kappa shape index (κ1) is 15.0. The van der Waals surface area contributed by atoms with Gasteiger partial charge in [-0.2, -0.15) is 5.26 Å². The standard InChI is InChI=1S/C15H20N2O2/c1-10-7-11(2)13(19-6)12(8-10)17(5)14(18)15(3,4)9-16/h7-8H,1-6H3. The minimum Gasteiger partial charge on any atom is -0.494 e. The summed E-state index contributed by atoms with van der Waals surface area (Å²) in [5, 5.41) is 9.07. The monoisotopic (exact) mass is 260 g/mol. The summed E-state index contributed by atoms with van der Waals surface area (Å²) in [6, 6.07) is 5.91. The van der Waals surface area contributed by atoms with Crippen molar-refractivity contribution >= 4 is 11.6 Å². The second kappa shape index (κ2) is 5.31. The van der Waals surface area contributed by atoms with Crippen LogP contribution in [0, 0.1) is 30.6 Å². The van der Waals surface area contributed by atoms with Gasteiger partial charge in [-0.1, -0.05) is 6.07 Å². The molecule has 0 saturated carbocycles. The topological polar surface area (TPSA) is 53.3 Å². The van der Waals surface area contributed by atoms with Crippen molar-refractivity contribution < 1.29 is 9.53 Å². The fourth-order valence-electron chi connectivity index (χ4n) is 2.02. The Labute approximate surface area is 114 Å². The summed E-state index contributed by atoms with van der Waals surface area (Å²) < 4.78 is 5.37. The van der Waals surface area contributed by atoms with E-state index in [2.05, 4.69) is 0 Å². The van der Waals surface area contributed by atoms with E-state index in [1.165, 1.54) is 4.90 Å². The van der Waals surface area contributed by atoms with E-state index in [-0.39, 0.29) is 5.91 Å². The van der Waals surface area contributed by atoms with Crippen LogP contribution in [-0.2, 0) is 4.79 Å². The van der Waals surface area contributed by atoms with Crippen molar-refractivity contribution in [2.75, 3.05) is 19.1 Å². The summed E-state index contributed by atoms with van der Waals surface area (Å²) >= 11 is 0. The number of benzene rings is 1. The van der Waals surface area contributed by atoms with E-state index in [0.717, 1.165) is 11.1 Å². The maximum absolute atomic E-state index is 12.3. The molecule has 0 bridgehead atoms. The van der Waals surface area contributed by atoms with Crippen molar-refractivity contribution in [3.63, 3.8) is 0 Å². The number of methoxy groups -OCH3 is 1. The lowest BCUT2D eigenvalue weighted by Crippen LogP contribution is -2.37. The van der Waals surface area contributed by atoms with Gasteiger partial charge in [-0.05, 0) is 44.9 Å². The molecule has 102 valence electrons. The van der Waals surface area contributed by atoms with Gasteiger partial charge < -0.3 is 9.64 Å². The Bertz CT molecular complexity index is 542. The molecule has 1 rings (SSSR count). The lowest BCUT2D eigenvalue weighted by atomic mass is 9.93. The fourth-order valence-corrected chi connectivity index (χ4v) is 2.02. The number of aryl methyl sites for hydroxylation is 2. The van der Waals surface area contributed by atoms with Crippen molar-refractivity contribution in [1.29, 1.82) is 5.26 Å². The predicted octanol–water partition coefficient (Wildman–Crippen LogP) is 2.82. The molecule has 0 fully saturated rings. The fraction of sp³-hybridized carbons (Fsp3) is 0.467. The maximum Gasteiger partial charge on any atom is 0.246 e. The van der Waals surface area contributed by atoms with Gasteiger partial charge in [0.2, 0.25) is 5.91 Å². The molecule has 0 aromatic heterocycles. The van der Waals surface area contributed by atoms with Gasteiger partial charge in [0.05, 0.1) is 18.9 Å². The normalized spacial score (nSPS) is 10.8. The van der Waals surface area contributed by atoms with E-state index in [4.69, 9.17) is 10.00 Å². The molecule has 4 nitrogen and oxygen atoms in total. The first-order valence-corrected chi connectivity index (χ1v) is 6.09. The Kier molecular flexibility index (Phi) is 4.21. The number of carbonyl (C=O) groups is 1. The highest BCUT2D eigenvalue weighted by Crippen LogP contribution is 2.34. The van der Waals surface area contributed by atoms with Gasteiger partial charge in [-0.3, -0.25) is 4.79 Å². The van der Waals surface area contributed by atoms with E-state index in [1.807, 2.05) is 32.0 Å². The van der Waals surface area contributed by atoms with Crippen LogP contribution in [0.2, 0.25) is 0 Å². The second-order valence-corrected chi connectivity index (χ2v) is 5.24. The highest BCUT2D eigenvalue weighted by atomic mass is 16.5. The van der Waals surface area contributed by atoms with Crippen LogP contribution < -0.4 is 9.64 Å². The van der Waals surface area contributed by atoms with Gasteiger partial charge >= 0.3 is 0 Å². The lowest BCUT2D eigenvalue weighted by molar-refractivity contribution is -0.123. The molecule has 0 atom stereocenters. The Balaban J connectivity index is 3.31. The number of hydrogen-bond acceptors (Lipinski definition) is 3. The molecule has 0 unspecified atom stereocenters. The number of anilines is 1. The van der Waals surface area contributed by atoms with Gasteiger partial charge in [-0.15, -0.1) is 0 Å². The average Bonchev–Trinajstić information content (AvgIpc) is 2.36. The number of nitrogens with zero attached hydrogens (tertiary/aromatic N) is 2. The zero-order valence-corrected chi connectivity index (χ0v) is 12.4. The highest BCUT2D eigenvalue weighted by Gasteiger charge is 2.32. The molecule has 1 aromatic carbocycles. The van der Waals surface area contributed by atoms with Crippen molar-refractivity contribution in [3.8, 4) is 11.8 Å². The molecule has 4 heteroatoms. The van der Waals surface area contributed by atoms with Crippen molar-refractivity contribution in [3.05, 3.63) is 23.3 Å². The molecular weight excluding hydrogens is 240 g/mol. The predicted molar refractivity (Wildman–Crippen MR) is 75.3 cm³/mol. The van der Waals surface area contributed by atoms with Gasteiger partial charge in [-0.25, -0.2) is 0 Å². The van der Waals surface area contributed by atoms with Gasteiger partial charge in [0, 0.05) is 7.05 Å². The molecule has 0 heterocycles. The third kappa shape index (κ3) is 2.87. The average molecular weight is 260 g/mol. The molecule has 0 aliphatic carbocycles. The molecular formula is C15H20N2O2. The van der Waals surface area contributed by atoms with E-state index < -0.39 is 5.41 Å². The second-order valence-electron chi connectivity index (χ2n) is 5.24. The number of hydrogen-bond donors (Lipinski definition) is 0. The molecule has 0 aliphatic rings. The van der Waals surface area contributed by atoms with Crippen LogP contribution in [0.5, 0.6) is 5.75 Å². The first-order chi connectivity index (χ1) is 8.74. The summed E-state index contributed by atoms with van der Waals surface area (Å²) in [7, 11) is 3.24. The van der Waals surface area contributed by atoms with Gasteiger partial charge in [0.1, 0.15) is 11.2 Å². The molecule has 0 saturated heterocycles. The number of carbonyl (C=O) groups excluding carboxylic acids is 1. The van der Waals surface area contributed by atoms with Crippen LogP contribution in [0.15, 0.2) is 12.1 Å². The number of amides is 1. The minimum absolute atomic E-state index is 0.252. The summed E-state index contributed by atoms with van der Waals surface area (Å²) in [6.45, 7) is 7.12. The summed E-state index contributed by atoms with van der Waals surface area (Å²) in [6.07, 6.45) is 0. The lowest BCUT2D eigenvalue weighted by Gasteiger charge is -2.26. The Morgan fingerprint density at radius 3 is 2.42 bits per heavy atom. The van der Waals surface area contributed by atoms with E-state index in [0.29, 0.717) is 11.4 Å². The van der Waals surface area contributed by atoms with Crippen molar-refractivity contribution in [2.45, 2.75) is 27.7 Å². The summed E-state index contributed by atoms with van der Waals surface area (Å²) in [4.78, 5) is 13.8. The molecule has 0 spiro atoms.